The highest BCUT2D eigenvalue weighted by Crippen LogP contribution is 2.28. The molecule has 22 heavy (non-hydrogen) atoms. The highest BCUT2D eigenvalue weighted by atomic mass is 35.5. The number of benzene rings is 1. The second-order valence-corrected chi connectivity index (χ2v) is 6.37. The Hall–Kier alpha value is -1.66. The smallest absolute Gasteiger partial charge is 0.269 e. The van der Waals surface area contributed by atoms with Crippen molar-refractivity contribution in [2.24, 2.45) is 5.92 Å². The second kappa shape index (κ2) is 7.56. The average Bonchev–Trinajstić information content (AvgIpc) is 2.94. The van der Waals surface area contributed by atoms with Crippen LogP contribution in [0.15, 0.2) is 18.2 Å². The fourth-order valence-electron chi connectivity index (χ4n) is 1.75. The van der Waals surface area contributed by atoms with Gasteiger partial charge in [0.2, 0.25) is 0 Å². The monoisotopic (exact) mass is 339 g/mol. The van der Waals surface area contributed by atoms with Crippen molar-refractivity contribution in [3.63, 3.8) is 0 Å². The van der Waals surface area contributed by atoms with Gasteiger partial charge in [0.05, 0.1) is 17.3 Å². The van der Waals surface area contributed by atoms with Gasteiger partial charge in [-0.3, -0.25) is 4.79 Å². The molecule has 0 spiro atoms. The summed E-state index contributed by atoms with van der Waals surface area (Å²) in [5, 5.41) is 7.20. The van der Waals surface area contributed by atoms with E-state index in [0.29, 0.717) is 46.0 Å². The first-order valence-corrected chi connectivity index (χ1v) is 8.21. The van der Waals surface area contributed by atoms with Crippen LogP contribution in [0.4, 0.5) is 5.69 Å². The van der Waals surface area contributed by atoms with E-state index in [9.17, 15) is 4.79 Å². The lowest BCUT2D eigenvalue weighted by atomic mass is 10.2. The molecule has 0 saturated heterocycles. The zero-order valence-corrected chi connectivity index (χ0v) is 14.3. The standard InChI is InChI=1S/C15H18ClN3O2S/c1-4-12-14(22-19-18-12)15(20)17-10-5-6-13(11(16)7-10)21-8-9(2)3/h5-7,9H,4,8H2,1-3H3,(H,17,20). The van der Waals surface area contributed by atoms with Gasteiger partial charge in [0.25, 0.3) is 5.91 Å². The summed E-state index contributed by atoms with van der Waals surface area (Å²) in [4.78, 5) is 12.7. The van der Waals surface area contributed by atoms with E-state index < -0.39 is 0 Å². The number of amides is 1. The number of aromatic nitrogens is 2. The van der Waals surface area contributed by atoms with Crippen molar-refractivity contribution < 1.29 is 9.53 Å². The quantitative estimate of drug-likeness (QED) is 0.862. The minimum Gasteiger partial charge on any atom is -0.492 e. The minimum atomic E-state index is -0.223. The predicted molar refractivity (Wildman–Crippen MR) is 89.0 cm³/mol. The van der Waals surface area contributed by atoms with Gasteiger partial charge in [0, 0.05) is 5.69 Å². The number of aryl methyl sites for hydroxylation is 1. The molecule has 2 rings (SSSR count). The molecule has 0 fully saturated rings. The van der Waals surface area contributed by atoms with E-state index in [4.69, 9.17) is 16.3 Å². The summed E-state index contributed by atoms with van der Waals surface area (Å²) < 4.78 is 9.42. The van der Waals surface area contributed by atoms with Crippen LogP contribution in [-0.2, 0) is 6.42 Å². The number of carbonyl (C=O) groups excluding carboxylic acids is 1. The van der Waals surface area contributed by atoms with Crippen LogP contribution in [0.25, 0.3) is 0 Å². The van der Waals surface area contributed by atoms with Gasteiger partial charge in [-0.15, -0.1) is 5.10 Å². The van der Waals surface area contributed by atoms with Crippen molar-refractivity contribution in [1.29, 1.82) is 0 Å². The van der Waals surface area contributed by atoms with Crippen LogP contribution < -0.4 is 10.1 Å². The van der Waals surface area contributed by atoms with Crippen LogP contribution in [0, 0.1) is 5.92 Å². The van der Waals surface area contributed by atoms with E-state index in [-0.39, 0.29) is 5.91 Å². The molecule has 0 atom stereocenters. The van der Waals surface area contributed by atoms with E-state index >= 15 is 0 Å². The van der Waals surface area contributed by atoms with Crippen LogP contribution in [0.2, 0.25) is 5.02 Å². The van der Waals surface area contributed by atoms with Gasteiger partial charge < -0.3 is 10.1 Å². The zero-order chi connectivity index (χ0) is 16.1. The Morgan fingerprint density at radius 1 is 1.45 bits per heavy atom. The van der Waals surface area contributed by atoms with Gasteiger partial charge >= 0.3 is 0 Å². The Kier molecular flexibility index (Phi) is 5.74. The first-order chi connectivity index (χ1) is 10.5. The largest absolute Gasteiger partial charge is 0.492 e. The number of anilines is 1. The summed E-state index contributed by atoms with van der Waals surface area (Å²) in [7, 11) is 0. The lowest BCUT2D eigenvalue weighted by Crippen LogP contribution is -2.12. The summed E-state index contributed by atoms with van der Waals surface area (Å²) in [6, 6.07) is 5.20. The summed E-state index contributed by atoms with van der Waals surface area (Å²) in [5.41, 5.74) is 1.31. The molecule has 0 saturated carbocycles. The van der Waals surface area contributed by atoms with Gasteiger partial charge in [-0.05, 0) is 42.1 Å². The lowest BCUT2D eigenvalue weighted by molar-refractivity contribution is 0.102. The van der Waals surface area contributed by atoms with Crippen LogP contribution in [0.5, 0.6) is 5.75 Å². The van der Waals surface area contributed by atoms with Crippen molar-refractivity contribution >= 4 is 34.7 Å². The normalized spacial score (nSPS) is 10.8. The van der Waals surface area contributed by atoms with Crippen molar-refractivity contribution in [3.05, 3.63) is 33.8 Å². The molecular weight excluding hydrogens is 322 g/mol. The van der Waals surface area contributed by atoms with E-state index in [0.717, 1.165) is 11.5 Å². The van der Waals surface area contributed by atoms with Gasteiger partial charge in [-0.2, -0.15) is 0 Å². The molecule has 0 aliphatic rings. The maximum Gasteiger partial charge on any atom is 0.269 e. The molecule has 7 heteroatoms. The third-order valence-electron chi connectivity index (χ3n) is 2.86. The molecule has 0 aliphatic carbocycles. The molecule has 5 nitrogen and oxygen atoms in total. The molecule has 2 aromatic rings. The molecule has 0 radical (unpaired) electrons. The molecule has 1 heterocycles. The van der Waals surface area contributed by atoms with Gasteiger partial charge in [0.1, 0.15) is 10.6 Å². The number of nitrogens with zero attached hydrogens (tertiary/aromatic N) is 2. The van der Waals surface area contributed by atoms with Gasteiger partial charge in [-0.25, -0.2) is 0 Å². The van der Waals surface area contributed by atoms with E-state index in [1.165, 1.54) is 0 Å². The fourth-order valence-corrected chi connectivity index (χ4v) is 2.63. The highest BCUT2D eigenvalue weighted by Gasteiger charge is 2.15. The Labute approximate surface area is 138 Å². The molecule has 1 N–H and O–H groups in total. The van der Waals surface area contributed by atoms with Crippen LogP contribution >= 0.6 is 23.1 Å². The van der Waals surface area contributed by atoms with E-state index in [2.05, 4.69) is 28.8 Å². The number of hydrogen-bond donors (Lipinski definition) is 1. The summed E-state index contributed by atoms with van der Waals surface area (Å²) in [6.07, 6.45) is 0.669. The average molecular weight is 340 g/mol. The molecular formula is C15H18ClN3O2S. The first kappa shape index (κ1) is 16.7. The van der Waals surface area contributed by atoms with Crippen molar-refractivity contribution in [3.8, 4) is 5.75 Å². The maximum atomic E-state index is 12.2. The summed E-state index contributed by atoms with van der Waals surface area (Å²) in [5.74, 6) is 0.808. The third kappa shape index (κ3) is 4.18. The number of hydrogen-bond acceptors (Lipinski definition) is 5. The Balaban J connectivity index is 2.07. The minimum absolute atomic E-state index is 0.223. The molecule has 118 valence electrons. The SMILES string of the molecule is CCc1nnsc1C(=O)Nc1ccc(OCC(C)C)c(Cl)c1. The molecule has 1 aromatic carbocycles. The Morgan fingerprint density at radius 2 is 2.23 bits per heavy atom. The van der Waals surface area contributed by atoms with E-state index in [1.807, 2.05) is 6.92 Å². The highest BCUT2D eigenvalue weighted by molar-refractivity contribution is 7.08. The number of nitrogens with one attached hydrogen (secondary N) is 1. The second-order valence-electron chi connectivity index (χ2n) is 5.21. The predicted octanol–water partition coefficient (Wildman–Crippen LogP) is 4.04. The number of carbonyl (C=O) groups is 1. The maximum absolute atomic E-state index is 12.2. The summed E-state index contributed by atoms with van der Waals surface area (Å²) >= 11 is 7.27. The molecule has 1 aromatic heterocycles. The van der Waals surface area contributed by atoms with Crippen molar-refractivity contribution in [2.45, 2.75) is 27.2 Å². The lowest BCUT2D eigenvalue weighted by Gasteiger charge is -2.11. The van der Waals surface area contributed by atoms with Gasteiger partial charge in [-0.1, -0.05) is 36.9 Å². The van der Waals surface area contributed by atoms with Crippen LogP contribution in [-0.4, -0.2) is 22.1 Å². The third-order valence-corrected chi connectivity index (χ3v) is 3.92. The molecule has 1 amide bonds. The first-order valence-electron chi connectivity index (χ1n) is 7.06. The number of rotatable bonds is 6. The van der Waals surface area contributed by atoms with E-state index in [1.54, 1.807) is 18.2 Å². The molecule has 0 bridgehead atoms. The van der Waals surface area contributed by atoms with Gasteiger partial charge in [0.15, 0.2) is 0 Å². The van der Waals surface area contributed by atoms with Crippen LogP contribution in [0.1, 0.15) is 36.1 Å². The summed E-state index contributed by atoms with van der Waals surface area (Å²) in [6.45, 7) is 6.66. The molecule has 0 unspecified atom stereocenters. The number of ether oxygens (including phenoxy) is 1. The molecule has 0 aliphatic heterocycles. The Bertz CT molecular complexity index is 658. The topological polar surface area (TPSA) is 64.1 Å². The van der Waals surface area contributed by atoms with Crippen molar-refractivity contribution in [1.82, 2.24) is 9.59 Å². The van der Waals surface area contributed by atoms with Crippen LogP contribution in [0.3, 0.4) is 0 Å². The number of halogens is 1. The fraction of sp³-hybridized carbons (Fsp3) is 0.400. The zero-order valence-electron chi connectivity index (χ0n) is 12.7. The van der Waals surface area contributed by atoms with Crippen molar-refractivity contribution in [2.75, 3.05) is 11.9 Å². The Morgan fingerprint density at radius 3 is 2.86 bits per heavy atom.